The molecule has 2 heterocycles. The normalized spacial score (nSPS) is 22.0. The van der Waals surface area contributed by atoms with Crippen LogP contribution in [-0.4, -0.2) is 140 Å². The minimum Gasteiger partial charge on any atom is -0.394 e. The molecule has 14 nitrogen and oxygen atoms in total. The van der Waals surface area contributed by atoms with E-state index >= 15 is 0 Å². The first-order valence-electron chi connectivity index (χ1n) is 42.9. The molecule has 12 unspecified atom stereocenters. The zero-order chi connectivity index (χ0) is 70.8. The van der Waals surface area contributed by atoms with Crippen LogP contribution in [0.1, 0.15) is 425 Å². The van der Waals surface area contributed by atoms with Crippen LogP contribution in [0.2, 0.25) is 0 Å². The molecule has 0 radical (unpaired) electrons. The van der Waals surface area contributed by atoms with Crippen LogP contribution in [-0.2, 0) is 23.7 Å². The Morgan fingerprint density at radius 3 is 0.939 bits per heavy atom. The molecule has 2 fully saturated rings. The Morgan fingerprint density at radius 1 is 0.357 bits per heavy atom. The van der Waals surface area contributed by atoms with Gasteiger partial charge < -0.3 is 65.1 Å². The zero-order valence-electron chi connectivity index (χ0n) is 64.1. The number of ether oxygens (including phenoxy) is 4. The first-order valence-corrected chi connectivity index (χ1v) is 42.9. The van der Waals surface area contributed by atoms with E-state index in [2.05, 4.69) is 19.2 Å². The number of carbonyl (C=O) groups excluding carboxylic acids is 1. The molecule has 0 aromatic carbocycles. The summed E-state index contributed by atoms with van der Waals surface area (Å²) in [6.45, 7) is 2.89. The van der Waals surface area contributed by atoms with Crippen LogP contribution >= 0.6 is 0 Å². The fraction of sp³-hybridized carbons (Fsp3) is 0.964. The SMILES string of the molecule is CCCCCCCCCCCCCCCCCCCCCCCCCCCCCC/C=C/C(O)C(COC1OC(CO)C(OC2OC(CO)C(O)C(O)C2O)C(O)C1O)NC(=O)CCCCCCCCCCCCCCCCCCCCCCCCCCCCCCCCCCCC. The van der Waals surface area contributed by atoms with Crippen molar-refractivity contribution < 1.29 is 64.6 Å². The number of aliphatic hydroxyl groups is 8. The Hall–Kier alpha value is -1.27. The summed E-state index contributed by atoms with van der Waals surface area (Å²) in [7, 11) is 0. The van der Waals surface area contributed by atoms with Crippen LogP contribution < -0.4 is 5.32 Å². The topological polar surface area (TPSA) is 228 Å². The average Bonchev–Trinajstić information content (AvgIpc) is 0.812. The number of hydrogen-bond acceptors (Lipinski definition) is 13. The minimum atomic E-state index is -1.79. The maximum Gasteiger partial charge on any atom is 0.220 e. The van der Waals surface area contributed by atoms with Crippen molar-refractivity contribution in [2.45, 2.75) is 498 Å². The van der Waals surface area contributed by atoms with E-state index in [4.69, 9.17) is 18.9 Å². The van der Waals surface area contributed by atoms with E-state index < -0.39 is 86.8 Å². The minimum absolute atomic E-state index is 0.228. The predicted octanol–water partition coefficient (Wildman–Crippen LogP) is 20.0. The lowest BCUT2D eigenvalue weighted by Gasteiger charge is -2.46. The van der Waals surface area contributed by atoms with Gasteiger partial charge >= 0.3 is 0 Å². The Labute approximate surface area is 603 Å². The summed E-state index contributed by atoms with van der Waals surface area (Å²) in [5.41, 5.74) is 0. The molecule has 1 amide bonds. The molecule has 0 saturated carbocycles. The van der Waals surface area contributed by atoms with Crippen LogP contribution in [0.25, 0.3) is 0 Å². The number of aliphatic hydroxyl groups excluding tert-OH is 8. The molecule has 0 aromatic heterocycles. The zero-order valence-corrected chi connectivity index (χ0v) is 64.1. The molecule has 0 aromatic rings. The highest BCUT2D eigenvalue weighted by atomic mass is 16.7. The molecule has 2 saturated heterocycles. The van der Waals surface area contributed by atoms with Gasteiger partial charge in [-0.05, 0) is 19.3 Å². The molecule has 2 aliphatic rings. The monoisotopic (exact) mass is 1390 g/mol. The molecule has 12 atom stereocenters. The third-order valence-electron chi connectivity index (χ3n) is 21.5. The lowest BCUT2D eigenvalue weighted by molar-refractivity contribution is -0.359. The second kappa shape index (κ2) is 68.8. The molecule has 2 aliphatic heterocycles. The van der Waals surface area contributed by atoms with Gasteiger partial charge in [0, 0.05) is 6.42 Å². The number of rotatable bonds is 74. The Kier molecular flexibility index (Phi) is 65.2. The van der Waals surface area contributed by atoms with Crippen molar-refractivity contribution in [1.82, 2.24) is 5.32 Å². The van der Waals surface area contributed by atoms with Crippen molar-refractivity contribution in [2.24, 2.45) is 0 Å². The highest BCUT2D eigenvalue weighted by Crippen LogP contribution is 2.31. The number of hydrogen-bond donors (Lipinski definition) is 9. The van der Waals surface area contributed by atoms with Crippen molar-refractivity contribution in [1.29, 1.82) is 0 Å². The van der Waals surface area contributed by atoms with E-state index in [9.17, 15) is 45.6 Å². The molecule has 2 rings (SSSR count). The average molecular weight is 1400 g/mol. The molecular formula is C84H163NO13. The summed E-state index contributed by atoms with van der Waals surface area (Å²) < 4.78 is 23.0. The van der Waals surface area contributed by atoms with Crippen molar-refractivity contribution in [3.05, 3.63) is 12.2 Å². The summed E-state index contributed by atoms with van der Waals surface area (Å²) in [6, 6.07) is -0.913. The van der Waals surface area contributed by atoms with Crippen LogP contribution in [0.15, 0.2) is 12.2 Å². The van der Waals surface area contributed by atoms with Crippen molar-refractivity contribution in [3.63, 3.8) is 0 Å². The van der Waals surface area contributed by atoms with Gasteiger partial charge in [-0.15, -0.1) is 0 Å². The van der Waals surface area contributed by atoms with Crippen molar-refractivity contribution in [3.8, 4) is 0 Å². The van der Waals surface area contributed by atoms with Crippen LogP contribution in [0.4, 0.5) is 0 Å². The Bertz CT molecular complexity index is 1690. The summed E-state index contributed by atoms with van der Waals surface area (Å²) in [5.74, 6) is -0.228. The highest BCUT2D eigenvalue weighted by molar-refractivity contribution is 5.76. The van der Waals surface area contributed by atoms with E-state index in [1.165, 1.54) is 360 Å². The van der Waals surface area contributed by atoms with Gasteiger partial charge in [0.2, 0.25) is 5.91 Å². The second-order valence-corrected chi connectivity index (χ2v) is 30.7. The second-order valence-electron chi connectivity index (χ2n) is 30.7. The van der Waals surface area contributed by atoms with E-state index in [1.54, 1.807) is 6.08 Å². The summed E-state index contributed by atoms with van der Waals surface area (Å²) in [5, 5.41) is 87.8. The lowest BCUT2D eigenvalue weighted by atomic mass is 9.97. The fourth-order valence-corrected chi connectivity index (χ4v) is 14.7. The highest BCUT2D eigenvalue weighted by Gasteiger charge is 2.51. The van der Waals surface area contributed by atoms with Crippen LogP contribution in [0.5, 0.6) is 0 Å². The third-order valence-corrected chi connectivity index (χ3v) is 21.5. The van der Waals surface area contributed by atoms with E-state index in [-0.39, 0.29) is 18.9 Å². The molecule has 0 spiro atoms. The molecule has 582 valence electrons. The Morgan fingerprint density at radius 2 is 0.633 bits per heavy atom. The molecule has 9 N–H and O–H groups in total. The molecular weight excluding hydrogens is 1230 g/mol. The lowest BCUT2D eigenvalue weighted by Crippen LogP contribution is -2.65. The molecule has 0 bridgehead atoms. The number of unbranched alkanes of at least 4 members (excludes halogenated alkanes) is 61. The van der Waals surface area contributed by atoms with E-state index in [0.717, 1.165) is 44.9 Å². The van der Waals surface area contributed by atoms with Gasteiger partial charge in [0.15, 0.2) is 12.6 Å². The quantitative estimate of drug-likeness (QED) is 0.0204. The van der Waals surface area contributed by atoms with Gasteiger partial charge in [-0.2, -0.15) is 0 Å². The van der Waals surface area contributed by atoms with Gasteiger partial charge in [-0.3, -0.25) is 4.79 Å². The maximum atomic E-state index is 13.4. The molecule has 98 heavy (non-hydrogen) atoms. The van der Waals surface area contributed by atoms with E-state index in [0.29, 0.717) is 0 Å². The van der Waals surface area contributed by atoms with Crippen LogP contribution in [0, 0.1) is 0 Å². The van der Waals surface area contributed by atoms with Crippen molar-refractivity contribution >= 4 is 5.91 Å². The predicted molar refractivity (Wildman–Crippen MR) is 406 cm³/mol. The number of allylic oxidation sites excluding steroid dienone is 1. The van der Waals surface area contributed by atoms with Gasteiger partial charge in [-0.1, -0.05) is 411 Å². The standard InChI is InChI=1S/C84H163NO13/c1-3-5-7-9-11-13-15-17-19-21-23-25-27-29-31-33-35-36-37-38-40-42-44-46-48-50-52-54-56-58-60-62-64-66-68-76(89)85-72(71-95-83-81(94)79(92)82(75(70-87)97-83)98-84-80(93)78(91)77(90)74(69-86)96-84)73(88)67-65-63-61-59-57-55-53-51-49-47-45-43-41-39-34-32-30-28-26-24-22-20-18-16-14-12-10-8-6-4-2/h65,67,72-75,77-84,86-88,90-94H,3-64,66,68-71H2,1-2H3,(H,85,89)/b67-65+. The van der Waals surface area contributed by atoms with Crippen molar-refractivity contribution in [2.75, 3.05) is 19.8 Å². The largest absolute Gasteiger partial charge is 0.394 e. The van der Waals surface area contributed by atoms with E-state index in [1.807, 2.05) is 6.08 Å². The third kappa shape index (κ3) is 51.0. The summed E-state index contributed by atoms with van der Waals surface area (Å²) in [4.78, 5) is 13.4. The summed E-state index contributed by atoms with van der Waals surface area (Å²) in [6.07, 6.45) is 71.8. The van der Waals surface area contributed by atoms with Gasteiger partial charge in [0.1, 0.15) is 48.8 Å². The molecule has 14 heteroatoms. The number of nitrogens with one attached hydrogen (secondary N) is 1. The Balaban J connectivity index is 1.58. The van der Waals surface area contributed by atoms with Gasteiger partial charge in [0.25, 0.3) is 0 Å². The smallest absolute Gasteiger partial charge is 0.220 e. The van der Waals surface area contributed by atoms with Crippen LogP contribution in [0.3, 0.4) is 0 Å². The van der Waals surface area contributed by atoms with Gasteiger partial charge in [0.05, 0.1) is 32.0 Å². The number of carbonyl (C=O) groups is 1. The first-order chi connectivity index (χ1) is 48.1. The first kappa shape index (κ1) is 92.8. The maximum absolute atomic E-state index is 13.4. The summed E-state index contributed by atoms with van der Waals surface area (Å²) >= 11 is 0. The molecule has 0 aliphatic carbocycles. The van der Waals surface area contributed by atoms with Gasteiger partial charge in [-0.25, -0.2) is 0 Å². The fourth-order valence-electron chi connectivity index (χ4n) is 14.7. The number of amides is 1.